The average molecular weight is 230 g/mol. The van der Waals surface area contributed by atoms with Crippen molar-refractivity contribution in [1.82, 2.24) is 9.97 Å². The van der Waals surface area contributed by atoms with Crippen molar-refractivity contribution < 1.29 is 4.42 Å². The van der Waals surface area contributed by atoms with Crippen LogP contribution < -0.4 is 0 Å². The highest BCUT2D eigenvalue weighted by molar-refractivity contribution is 7.99. The average Bonchev–Trinajstić information content (AvgIpc) is 2.88. The van der Waals surface area contributed by atoms with Crippen LogP contribution in [0.25, 0.3) is 11.0 Å². The van der Waals surface area contributed by atoms with E-state index >= 15 is 0 Å². The van der Waals surface area contributed by atoms with E-state index in [0.29, 0.717) is 0 Å². The summed E-state index contributed by atoms with van der Waals surface area (Å²) in [6, 6.07) is 5.99. The van der Waals surface area contributed by atoms with E-state index in [1.54, 1.807) is 24.2 Å². The van der Waals surface area contributed by atoms with Gasteiger partial charge in [0.05, 0.1) is 11.2 Å². The number of pyridine rings is 1. The predicted octanol–water partition coefficient (Wildman–Crippen LogP) is 3.62. The molecular formula is C12H10N2OS. The number of nitrogens with zero attached hydrogens (tertiary/aromatic N) is 1. The fourth-order valence-corrected chi connectivity index (χ4v) is 2.56. The summed E-state index contributed by atoms with van der Waals surface area (Å²) in [4.78, 5) is 9.74. The van der Waals surface area contributed by atoms with Crippen molar-refractivity contribution in [3.63, 3.8) is 0 Å². The maximum absolute atomic E-state index is 5.28. The smallest absolute Gasteiger partial charge is 0.138 e. The Morgan fingerprint density at radius 2 is 2.25 bits per heavy atom. The Kier molecular flexibility index (Phi) is 2.22. The second-order valence-electron chi connectivity index (χ2n) is 3.50. The van der Waals surface area contributed by atoms with Gasteiger partial charge in [0, 0.05) is 22.7 Å². The summed E-state index contributed by atoms with van der Waals surface area (Å²) in [5.74, 6) is 0.947. The first kappa shape index (κ1) is 9.54. The fraction of sp³-hybridized carbons (Fsp3) is 0.0833. The molecule has 80 valence electrons. The highest BCUT2D eigenvalue weighted by atomic mass is 32.2. The van der Waals surface area contributed by atoms with Crippen molar-refractivity contribution in [2.75, 3.05) is 0 Å². The van der Waals surface area contributed by atoms with Gasteiger partial charge in [0.25, 0.3) is 0 Å². The van der Waals surface area contributed by atoms with E-state index in [2.05, 4.69) is 16.0 Å². The van der Waals surface area contributed by atoms with Crippen LogP contribution in [0.2, 0.25) is 0 Å². The minimum Gasteiger partial charge on any atom is -0.468 e. The summed E-state index contributed by atoms with van der Waals surface area (Å²) in [6.07, 6.45) is 5.48. The zero-order chi connectivity index (χ0) is 11.0. The highest BCUT2D eigenvalue weighted by Gasteiger charge is 2.08. The molecule has 0 amide bonds. The van der Waals surface area contributed by atoms with Crippen molar-refractivity contribution in [3.8, 4) is 0 Å². The number of hydrogen-bond acceptors (Lipinski definition) is 3. The number of aromatic nitrogens is 2. The van der Waals surface area contributed by atoms with Crippen molar-refractivity contribution in [3.05, 3.63) is 42.6 Å². The van der Waals surface area contributed by atoms with Crippen LogP contribution in [-0.2, 0) is 0 Å². The molecule has 3 nitrogen and oxygen atoms in total. The molecular weight excluding hydrogens is 220 g/mol. The maximum atomic E-state index is 5.28. The Hall–Kier alpha value is -1.68. The summed E-state index contributed by atoms with van der Waals surface area (Å²) >= 11 is 1.69. The molecule has 0 aliphatic carbocycles. The van der Waals surface area contributed by atoms with Gasteiger partial charge in [-0.05, 0) is 25.1 Å². The van der Waals surface area contributed by atoms with E-state index in [1.165, 1.54) is 4.90 Å². The van der Waals surface area contributed by atoms with Gasteiger partial charge in [-0.1, -0.05) is 11.8 Å². The lowest BCUT2D eigenvalue weighted by atomic mass is 10.3. The quantitative estimate of drug-likeness (QED) is 0.731. The molecule has 0 saturated carbocycles. The number of hydrogen-bond donors (Lipinski definition) is 1. The summed E-state index contributed by atoms with van der Waals surface area (Å²) in [5, 5.41) is 1.15. The highest BCUT2D eigenvalue weighted by Crippen LogP contribution is 2.34. The molecule has 0 aliphatic rings. The predicted molar refractivity (Wildman–Crippen MR) is 63.7 cm³/mol. The van der Waals surface area contributed by atoms with E-state index < -0.39 is 0 Å². The second kappa shape index (κ2) is 3.72. The number of rotatable bonds is 2. The van der Waals surface area contributed by atoms with Gasteiger partial charge in [-0.25, -0.2) is 4.98 Å². The van der Waals surface area contributed by atoms with Gasteiger partial charge in [0.2, 0.25) is 0 Å². The summed E-state index contributed by atoms with van der Waals surface area (Å²) in [5.41, 5.74) is 0.922. The van der Waals surface area contributed by atoms with Gasteiger partial charge in [-0.2, -0.15) is 0 Å². The van der Waals surface area contributed by atoms with Crippen LogP contribution in [0.5, 0.6) is 0 Å². The summed E-state index contributed by atoms with van der Waals surface area (Å²) in [7, 11) is 0. The van der Waals surface area contributed by atoms with Gasteiger partial charge in [-0.15, -0.1) is 0 Å². The Bertz CT molecular complexity index is 627. The van der Waals surface area contributed by atoms with Crippen LogP contribution >= 0.6 is 11.8 Å². The third-order valence-electron chi connectivity index (χ3n) is 2.44. The largest absolute Gasteiger partial charge is 0.468 e. The number of aryl methyl sites for hydroxylation is 1. The topological polar surface area (TPSA) is 41.8 Å². The first-order valence-corrected chi connectivity index (χ1v) is 5.80. The SMILES string of the molecule is Cc1occc1Sc1c[nH]c2ncccc12. The first-order chi connectivity index (χ1) is 7.84. The lowest BCUT2D eigenvalue weighted by Crippen LogP contribution is -1.73. The second-order valence-corrected chi connectivity index (χ2v) is 4.58. The van der Waals surface area contributed by atoms with Gasteiger partial charge in [0.1, 0.15) is 11.4 Å². The normalized spacial score (nSPS) is 11.1. The number of furan rings is 1. The van der Waals surface area contributed by atoms with Crippen LogP contribution in [0.3, 0.4) is 0 Å². The molecule has 3 aromatic rings. The van der Waals surface area contributed by atoms with E-state index in [1.807, 2.05) is 25.3 Å². The van der Waals surface area contributed by atoms with Crippen LogP contribution in [0.4, 0.5) is 0 Å². The van der Waals surface area contributed by atoms with Crippen molar-refractivity contribution in [2.24, 2.45) is 0 Å². The summed E-state index contributed by atoms with van der Waals surface area (Å²) in [6.45, 7) is 1.97. The Morgan fingerprint density at radius 3 is 3.06 bits per heavy atom. The minimum atomic E-state index is 0.922. The molecule has 4 heteroatoms. The molecule has 3 heterocycles. The molecule has 0 atom stereocenters. The number of H-pyrrole nitrogens is 1. The zero-order valence-electron chi connectivity index (χ0n) is 8.73. The zero-order valence-corrected chi connectivity index (χ0v) is 9.54. The van der Waals surface area contributed by atoms with Gasteiger partial charge in [0.15, 0.2) is 0 Å². The fourth-order valence-electron chi connectivity index (χ4n) is 1.61. The third kappa shape index (κ3) is 1.51. The molecule has 0 radical (unpaired) electrons. The molecule has 0 aromatic carbocycles. The molecule has 0 fully saturated rings. The molecule has 3 rings (SSSR count). The molecule has 0 bridgehead atoms. The molecule has 16 heavy (non-hydrogen) atoms. The lowest BCUT2D eigenvalue weighted by Gasteiger charge is -1.96. The molecule has 1 N–H and O–H groups in total. The van der Waals surface area contributed by atoms with Crippen molar-refractivity contribution in [2.45, 2.75) is 16.7 Å². The molecule has 0 spiro atoms. The Balaban J connectivity index is 2.04. The van der Waals surface area contributed by atoms with Gasteiger partial charge in [-0.3, -0.25) is 0 Å². The summed E-state index contributed by atoms with van der Waals surface area (Å²) < 4.78 is 5.28. The molecule has 0 saturated heterocycles. The Morgan fingerprint density at radius 1 is 1.31 bits per heavy atom. The van der Waals surface area contributed by atoms with Crippen LogP contribution in [0.1, 0.15) is 5.76 Å². The van der Waals surface area contributed by atoms with Crippen LogP contribution in [0, 0.1) is 6.92 Å². The van der Waals surface area contributed by atoms with E-state index in [0.717, 1.165) is 21.7 Å². The number of fused-ring (bicyclic) bond motifs is 1. The minimum absolute atomic E-state index is 0.922. The lowest BCUT2D eigenvalue weighted by molar-refractivity contribution is 0.527. The van der Waals surface area contributed by atoms with Crippen LogP contribution in [0.15, 0.2) is 51.1 Å². The monoisotopic (exact) mass is 230 g/mol. The first-order valence-electron chi connectivity index (χ1n) is 4.98. The van der Waals surface area contributed by atoms with Gasteiger partial charge < -0.3 is 9.40 Å². The van der Waals surface area contributed by atoms with Gasteiger partial charge >= 0.3 is 0 Å². The maximum Gasteiger partial charge on any atom is 0.138 e. The Labute approximate surface area is 96.9 Å². The number of aromatic amines is 1. The molecule has 0 aliphatic heterocycles. The van der Waals surface area contributed by atoms with E-state index in [-0.39, 0.29) is 0 Å². The van der Waals surface area contributed by atoms with Crippen LogP contribution in [-0.4, -0.2) is 9.97 Å². The third-order valence-corrected chi connectivity index (χ3v) is 3.65. The van der Waals surface area contributed by atoms with E-state index in [4.69, 9.17) is 4.42 Å². The molecule has 0 unspecified atom stereocenters. The molecule has 3 aromatic heterocycles. The van der Waals surface area contributed by atoms with Crippen molar-refractivity contribution >= 4 is 22.8 Å². The standard InChI is InChI=1S/C12H10N2OS/c1-8-10(4-6-15-8)16-11-7-14-12-9(11)3-2-5-13-12/h2-7H,1H3,(H,13,14). The van der Waals surface area contributed by atoms with Crippen molar-refractivity contribution in [1.29, 1.82) is 0 Å². The van der Waals surface area contributed by atoms with E-state index in [9.17, 15) is 0 Å². The number of nitrogens with one attached hydrogen (secondary N) is 1.